The third-order valence-corrected chi connectivity index (χ3v) is 3.73. The standard InChI is InChI=1S/C9H19NO/c1-8(2)7(6-11)4-5-9(8,3)10/h7,11H,4-6,10H2,1-3H3/t7-,9-/m1/s1. The maximum absolute atomic E-state index is 9.08. The van der Waals surface area contributed by atoms with Crippen molar-refractivity contribution >= 4 is 0 Å². The average Bonchev–Trinajstić information content (AvgIpc) is 2.05. The zero-order valence-corrected chi connectivity index (χ0v) is 7.72. The number of aliphatic hydroxyl groups excluding tert-OH is 1. The Morgan fingerprint density at radius 3 is 2.18 bits per heavy atom. The highest BCUT2D eigenvalue weighted by Gasteiger charge is 2.48. The molecule has 0 aliphatic heterocycles. The van der Waals surface area contributed by atoms with Crippen LogP contribution in [0.2, 0.25) is 0 Å². The van der Waals surface area contributed by atoms with Crippen molar-refractivity contribution in [1.82, 2.24) is 0 Å². The highest BCUT2D eigenvalue weighted by Crippen LogP contribution is 2.48. The maximum Gasteiger partial charge on any atom is 0.0465 e. The first-order valence-electron chi connectivity index (χ1n) is 4.31. The van der Waals surface area contributed by atoms with Crippen molar-refractivity contribution in [2.45, 2.75) is 39.2 Å². The van der Waals surface area contributed by atoms with Crippen LogP contribution in [0, 0.1) is 11.3 Å². The third kappa shape index (κ3) is 1.18. The SMILES string of the molecule is CC1(C)[C@@H](CO)CC[C@@]1(C)N. The van der Waals surface area contributed by atoms with E-state index in [1.54, 1.807) is 0 Å². The number of hydrogen-bond acceptors (Lipinski definition) is 2. The molecular formula is C9H19NO. The van der Waals surface area contributed by atoms with Crippen molar-refractivity contribution in [3.05, 3.63) is 0 Å². The van der Waals surface area contributed by atoms with Gasteiger partial charge in [0.05, 0.1) is 0 Å². The maximum atomic E-state index is 9.08. The van der Waals surface area contributed by atoms with E-state index in [1.165, 1.54) is 0 Å². The van der Waals surface area contributed by atoms with E-state index in [-0.39, 0.29) is 17.6 Å². The Morgan fingerprint density at radius 2 is 2.00 bits per heavy atom. The molecule has 66 valence electrons. The predicted octanol–water partition coefficient (Wildman–Crippen LogP) is 1.13. The van der Waals surface area contributed by atoms with Gasteiger partial charge in [-0.3, -0.25) is 0 Å². The van der Waals surface area contributed by atoms with E-state index in [2.05, 4.69) is 20.8 Å². The van der Waals surface area contributed by atoms with Gasteiger partial charge in [0.2, 0.25) is 0 Å². The van der Waals surface area contributed by atoms with Gasteiger partial charge in [-0.25, -0.2) is 0 Å². The first kappa shape index (κ1) is 9.01. The molecule has 0 unspecified atom stereocenters. The number of rotatable bonds is 1. The second-order valence-corrected chi connectivity index (χ2v) is 4.56. The van der Waals surface area contributed by atoms with Crippen LogP contribution in [0.25, 0.3) is 0 Å². The fraction of sp³-hybridized carbons (Fsp3) is 1.00. The summed E-state index contributed by atoms with van der Waals surface area (Å²) in [6.07, 6.45) is 2.10. The van der Waals surface area contributed by atoms with E-state index in [0.717, 1.165) is 12.8 Å². The van der Waals surface area contributed by atoms with Crippen molar-refractivity contribution in [2.24, 2.45) is 17.1 Å². The Balaban J connectivity index is 2.81. The van der Waals surface area contributed by atoms with Crippen LogP contribution in [0.5, 0.6) is 0 Å². The lowest BCUT2D eigenvalue weighted by Crippen LogP contribution is -2.48. The van der Waals surface area contributed by atoms with Crippen LogP contribution in [0.4, 0.5) is 0 Å². The lowest BCUT2D eigenvalue weighted by atomic mass is 9.72. The predicted molar refractivity (Wildman–Crippen MR) is 46.2 cm³/mol. The average molecular weight is 157 g/mol. The van der Waals surface area contributed by atoms with Gasteiger partial charge in [0.15, 0.2) is 0 Å². The van der Waals surface area contributed by atoms with Gasteiger partial charge < -0.3 is 10.8 Å². The number of aliphatic hydroxyl groups is 1. The van der Waals surface area contributed by atoms with E-state index in [9.17, 15) is 0 Å². The second-order valence-electron chi connectivity index (χ2n) is 4.56. The molecule has 0 aromatic carbocycles. The van der Waals surface area contributed by atoms with Crippen LogP contribution < -0.4 is 5.73 Å². The van der Waals surface area contributed by atoms with Gasteiger partial charge in [0.25, 0.3) is 0 Å². The minimum Gasteiger partial charge on any atom is -0.396 e. The van der Waals surface area contributed by atoms with Crippen molar-refractivity contribution in [2.75, 3.05) is 6.61 Å². The Hall–Kier alpha value is -0.0800. The minimum atomic E-state index is -0.0968. The van der Waals surface area contributed by atoms with Gasteiger partial charge in [0, 0.05) is 12.1 Å². The fourth-order valence-electron chi connectivity index (χ4n) is 1.94. The lowest BCUT2D eigenvalue weighted by molar-refractivity contribution is 0.104. The molecule has 0 aromatic rings. The molecule has 0 spiro atoms. The van der Waals surface area contributed by atoms with E-state index in [4.69, 9.17) is 10.8 Å². The topological polar surface area (TPSA) is 46.2 Å². The molecular weight excluding hydrogens is 138 g/mol. The van der Waals surface area contributed by atoms with Gasteiger partial charge in [-0.05, 0) is 31.1 Å². The van der Waals surface area contributed by atoms with Gasteiger partial charge in [-0.15, -0.1) is 0 Å². The van der Waals surface area contributed by atoms with Crippen LogP contribution in [0.1, 0.15) is 33.6 Å². The van der Waals surface area contributed by atoms with Crippen molar-refractivity contribution < 1.29 is 5.11 Å². The van der Waals surface area contributed by atoms with E-state index >= 15 is 0 Å². The Kier molecular flexibility index (Phi) is 2.01. The molecule has 0 saturated heterocycles. The number of hydrogen-bond donors (Lipinski definition) is 2. The number of nitrogens with two attached hydrogens (primary N) is 1. The van der Waals surface area contributed by atoms with Crippen LogP contribution in [0.3, 0.4) is 0 Å². The molecule has 0 aromatic heterocycles. The zero-order chi connectivity index (χ0) is 8.70. The van der Waals surface area contributed by atoms with E-state index < -0.39 is 0 Å². The normalized spacial score (nSPS) is 42.8. The molecule has 1 aliphatic carbocycles. The lowest BCUT2D eigenvalue weighted by Gasteiger charge is -2.38. The van der Waals surface area contributed by atoms with Crippen LogP contribution in [-0.2, 0) is 0 Å². The van der Waals surface area contributed by atoms with Crippen molar-refractivity contribution in [3.63, 3.8) is 0 Å². The smallest absolute Gasteiger partial charge is 0.0465 e. The molecule has 0 bridgehead atoms. The summed E-state index contributed by atoms with van der Waals surface area (Å²) >= 11 is 0. The summed E-state index contributed by atoms with van der Waals surface area (Å²) in [5, 5.41) is 9.08. The van der Waals surface area contributed by atoms with Gasteiger partial charge in [-0.2, -0.15) is 0 Å². The monoisotopic (exact) mass is 157 g/mol. The molecule has 2 heteroatoms. The van der Waals surface area contributed by atoms with Gasteiger partial charge >= 0.3 is 0 Å². The molecule has 0 heterocycles. The highest BCUT2D eigenvalue weighted by molar-refractivity contribution is 5.03. The van der Waals surface area contributed by atoms with E-state index in [1.807, 2.05) is 0 Å². The summed E-state index contributed by atoms with van der Waals surface area (Å²) in [5.74, 6) is 0.387. The summed E-state index contributed by atoms with van der Waals surface area (Å²) in [7, 11) is 0. The Morgan fingerprint density at radius 1 is 1.45 bits per heavy atom. The molecule has 2 nitrogen and oxygen atoms in total. The Bertz CT molecular complexity index is 152. The Labute approximate surface area is 68.8 Å². The highest BCUT2D eigenvalue weighted by atomic mass is 16.3. The first-order valence-corrected chi connectivity index (χ1v) is 4.31. The molecule has 0 amide bonds. The summed E-state index contributed by atoms with van der Waals surface area (Å²) < 4.78 is 0. The van der Waals surface area contributed by atoms with Gasteiger partial charge in [-0.1, -0.05) is 13.8 Å². The van der Waals surface area contributed by atoms with Crippen LogP contribution in [0.15, 0.2) is 0 Å². The summed E-state index contributed by atoms with van der Waals surface area (Å²) in [6.45, 7) is 6.67. The third-order valence-electron chi connectivity index (χ3n) is 3.73. The van der Waals surface area contributed by atoms with Crippen LogP contribution in [-0.4, -0.2) is 17.3 Å². The fourth-order valence-corrected chi connectivity index (χ4v) is 1.94. The van der Waals surface area contributed by atoms with E-state index in [0.29, 0.717) is 5.92 Å². The van der Waals surface area contributed by atoms with Crippen molar-refractivity contribution in [3.8, 4) is 0 Å². The van der Waals surface area contributed by atoms with Gasteiger partial charge in [0.1, 0.15) is 0 Å². The molecule has 2 atom stereocenters. The van der Waals surface area contributed by atoms with Crippen molar-refractivity contribution in [1.29, 1.82) is 0 Å². The molecule has 1 saturated carbocycles. The molecule has 1 rings (SSSR count). The second kappa shape index (κ2) is 2.46. The first-order chi connectivity index (χ1) is 4.92. The molecule has 3 N–H and O–H groups in total. The van der Waals surface area contributed by atoms with Crippen LogP contribution >= 0.6 is 0 Å². The quantitative estimate of drug-likeness (QED) is 0.599. The summed E-state index contributed by atoms with van der Waals surface area (Å²) in [4.78, 5) is 0. The molecule has 11 heavy (non-hydrogen) atoms. The largest absolute Gasteiger partial charge is 0.396 e. The molecule has 1 fully saturated rings. The zero-order valence-electron chi connectivity index (χ0n) is 7.72. The molecule has 0 radical (unpaired) electrons. The minimum absolute atomic E-state index is 0.0851. The summed E-state index contributed by atoms with van der Waals surface area (Å²) in [6, 6.07) is 0. The summed E-state index contributed by atoms with van der Waals surface area (Å²) in [5.41, 5.74) is 6.10. The molecule has 1 aliphatic rings.